The van der Waals surface area contributed by atoms with Gasteiger partial charge < -0.3 is 26.8 Å². The predicted octanol–water partition coefficient (Wildman–Crippen LogP) is -0.302. The Hall–Kier alpha value is -3.62. The zero-order valence-corrected chi connectivity index (χ0v) is 13.3. The molecule has 9 heteroatoms. The van der Waals surface area contributed by atoms with Gasteiger partial charge in [0.05, 0.1) is 0 Å². The maximum absolute atomic E-state index is 12.0. The van der Waals surface area contributed by atoms with Gasteiger partial charge in [-0.2, -0.15) is 0 Å². The molecule has 2 aromatic rings. The van der Waals surface area contributed by atoms with Gasteiger partial charge in [0.1, 0.15) is 11.4 Å². The molecule has 0 fully saturated rings. The standard InChI is InChI=1S/C16H18N6O3/c17-6-11(8-19-7-10-4-2-1-3-5-10)9-20-15(24)13-12(18)14(23)22-16(25)21-13/h1-6,8,17,19H,7,9,18H2,(H,20,24)(H2,21,22,23,25)/b11-8+,17-6?. The molecule has 2 rings (SSSR count). The van der Waals surface area contributed by atoms with E-state index in [1.807, 2.05) is 35.3 Å². The quantitative estimate of drug-likeness (QED) is 0.381. The van der Waals surface area contributed by atoms with Gasteiger partial charge in [-0.15, -0.1) is 0 Å². The van der Waals surface area contributed by atoms with E-state index >= 15 is 0 Å². The van der Waals surface area contributed by atoms with Gasteiger partial charge in [0.15, 0.2) is 0 Å². The van der Waals surface area contributed by atoms with Crippen LogP contribution in [0.25, 0.3) is 0 Å². The monoisotopic (exact) mass is 342 g/mol. The molecular weight excluding hydrogens is 324 g/mol. The third kappa shape index (κ3) is 4.93. The summed E-state index contributed by atoms with van der Waals surface area (Å²) < 4.78 is 0. The lowest BCUT2D eigenvalue weighted by Crippen LogP contribution is -2.34. The fraction of sp³-hybridized carbons (Fsp3) is 0.125. The molecule has 1 aromatic heterocycles. The van der Waals surface area contributed by atoms with E-state index in [0.717, 1.165) is 11.8 Å². The number of carbonyl (C=O) groups excluding carboxylic acids is 1. The number of hydrogen-bond donors (Lipinski definition) is 6. The number of aromatic amines is 2. The van der Waals surface area contributed by atoms with Crippen molar-refractivity contribution in [3.63, 3.8) is 0 Å². The van der Waals surface area contributed by atoms with Gasteiger partial charge >= 0.3 is 5.69 Å². The van der Waals surface area contributed by atoms with Crippen LogP contribution >= 0.6 is 0 Å². The number of aromatic nitrogens is 2. The Labute approximate surface area is 142 Å². The molecule has 0 aliphatic carbocycles. The van der Waals surface area contributed by atoms with E-state index in [9.17, 15) is 14.4 Å². The second-order valence-corrected chi connectivity index (χ2v) is 5.11. The summed E-state index contributed by atoms with van der Waals surface area (Å²) in [7, 11) is 0. The van der Waals surface area contributed by atoms with Crippen LogP contribution in [0.5, 0.6) is 0 Å². The summed E-state index contributed by atoms with van der Waals surface area (Å²) in [6.45, 7) is 0.596. The normalized spacial score (nSPS) is 11.0. The molecule has 0 aliphatic rings. The number of anilines is 1. The second-order valence-electron chi connectivity index (χ2n) is 5.11. The van der Waals surface area contributed by atoms with E-state index in [1.165, 1.54) is 0 Å². The highest BCUT2D eigenvalue weighted by molar-refractivity contribution is 5.97. The molecule has 1 heterocycles. The van der Waals surface area contributed by atoms with E-state index in [0.29, 0.717) is 12.1 Å². The van der Waals surface area contributed by atoms with Crippen molar-refractivity contribution in [2.24, 2.45) is 0 Å². The van der Waals surface area contributed by atoms with Crippen molar-refractivity contribution in [2.75, 3.05) is 12.3 Å². The minimum absolute atomic E-state index is 0.0262. The molecule has 0 unspecified atom stereocenters. The van der Waals surface area contributed by atoms with Gasteiger partial charge in [-0.3, -0.25) is 14.6 Å². The Morgan fingerprint density at radius 2 is 1.92 bits per heavy atom. The third-order valence-electron chi connectivity index (χ3n) is 3.28. The Morgan fingerprint density at radius 1 is 1.20 bits per heavy atom. The Bertz CT molecular complexity index is 898. The molecule has 1 amide bonds. The highest BCUT2D eigenvalue weighted by Gasteiger charge is 2.13. The summed E-state index contributed by atoms with van der Waals surface area (Å²) in [5, 5.41) is 12.9. The summed E-state index contributed by atoms with van der Waals surface area (Å²) >= 11 is 0. The summed E-state index contributed by atoms with van der Waals surface area (Å²) in [5.41, 5.74) is 4.72. The predicted molar refractivity (Wildman–Crippen MR) is 94.6 cm³/mol. The fourth-order valence-electron chi connectivity index (χ4n) is 1.99. The van der Waals surface area contributed by atoms with Gasteiger partial charge in [-0.1, -0.05) is 30.3 Å². The molecule has 130 valence electrons. The Balaban J connectivity index is 1.97. The molecule has 25 heavy (non-hydrogen) atoms. The number of nitrogens with two attached hydrogens (primary N) is 1. The molecule has 0 spiro atoms. The van der Waals surface area contributed by atoms with Crippen molar-refractivity contribution < 1.29 is 4.79 Å². The fourth-order valence-corrected chi connectivity index (χ4v) is 1.99. The zero-order valence-electron chi connectivity index (χ0n) is 13.3. The Morgan fingerprint density at radius 3 is 2.60 bits per heavy atom. The largest absolute Gasteiger partial charge is 0.392 e. The van der Waals surface area contributed by atoms with Crippen LogP contribution in [-0.4, -0.2) is 28.6 Å². The van der Waals surface area contributed by atoms with Gasteiger partial charge in [0.2, 0.25) is 0 Å². The van der Waals surface area contributed by atoms with Gasteiger partial charge in [0, 0.05) is 31.1 Å². The van der Waals surface area contributed by atoms with Gasteiger partial charge in [0.25, 0.3) is 11.5 Å². The Kier molecular flexibility index (Phi) is 5.88. The molecule has 0 saturated heterocycles. The lowest BCUT2D eigenvalue weighted by molar-refractivity contribution is 0.0953. The molecule has 0 aliphatic heterocycles. The third-order valence-corrected chi connectivity index (χ3v) is 3.28. The van der Waals surface area contributed by atoms with Crippen LogP contribution in [0.2, 0.25) is 0 Å². The van der Waals surface area contributed by atoms with Crippen LogP contribution in [0.4, 0.5) is 5.69 Å². The number of hydrogen-bond acceptors (Lipinski definition) is 6. The average Bonchev–Trinajstić information content (AvgIpc) is 2.61. The number of H-pyrrole nitrogens is 2. The second kappa shape index (κ2) is 8.29. The first kappa shape index (κ1) is 17.7. The number of nitrogens with one attached hydrogen (secondary N) is 5. The molecular formula is C16H18N6O3. The molecule has 0 bridgehead atoms. The van der Waals surface area contributed by atoms with Crippen molar-refractivity contribution in [2.45, 2.75) is 6.54 Å². The SMILES string of the molecule is N=C/C(=C\NCc1ccccc1)CNC(=O)c1[nH]c(=O)[nH]c(=O)c1N. The van der Waals surface area contributed by atoms with Crippen LogP contribution < -0.4 is 27.6 Å². The molecule has 1 aromatic carbocycles. The van der Waals surface area contributed by atoms with Crippen LogP contribution in [0, 0.1) is 5.41 Å². The minimum Gasteiger partial charge on any atom is -0.392 e. The number of benzene rings is 1. The maximum atomic E-state index is 12.0. The number of rotatable bonds is 7. The van der Waals surface area contributed by atoms with Gasteiger partial charge in [-0.25, -0.2) is 4.79 Å². The topological polar surface area (TPSA) is 157 Å². The molecule has 9 nitrogen and oxygen atoms in total. The maximum Gasteiger partial charge on any atom is 0.326 e. The van der Waals surface area contributed by atoms with Crippen molar-refractivity contribution >= 4 is 17.8 Å². The van der Waals surface area contributed by atoms with E-state index in [-0.39, 0.29) is 17.9 Å². The summed E-state index contributed by atoms with van der Waals surface area (Å²) in [6, 6.07) is 9.68. The highest BCUT2D eigenvalue weighted by atomic mass is 16.2. The van der Waals surface area contributed by atoms with E-state index in [4.69, 9.17) is 11.1 Å². The number of nitrogen functional groups attached to an aromatic ring is 1. The van der Waals surface area contributed by atoms with Crippen molar-refractivity contribution in [3.8, 4) is 0 Å². The smallest absolute Gasteiger partial charge is 0.326 e. The molecule has 7 N–H and O–H groups in total. The van der Waals surface area contributed by atoms with E-state index in [2.05, 4.69) is 15.6 Å². The van der Waals surface area contributed by atoms with Crippen LogP contribution in [-0.2, 0) is 6.54 Å². The minimum atomic E-state index is -0.832. The van der Waals surface area contributed by atoms with Crippen LogP contribution in [0.3, 0.4) is 0 Å². The lowest BCUT2D eigenvalue weighted by atomic mass is 10.2. The first-order valence-electron chi connectivity index (χ1n) is 7.38. The summed E-state index contributed by atoms with van der Waals surface area (Å²) in [5.74, 6) is -0.712. The highest BCUT2D eigenvalue weighted by Crippen LogP contribution is 2.00. The van der Waals surface area contributed by atoms with Crippen molar-refractivity contribution in [1.82, 2.24) is 20.6 Å². The van der Waals surface area contributed by atoms with Crippen molar-refractivity contribution in [1.29, 1.82) is 5.41 Å². The summed E-state index contributed by atoms with van der Waals surface area (Å²) in [6.07, 6.45) is 2.69. The van der Waals surface area contributed by atoms with Crippen LogP contribution in [0.1, 0.15) is 16.1 Å². The van der Waals surface area contributed by atoms with Crippen molar-refractivity contribution in [3.05, 3.63) is 74.2 Å². The van der Waals surface area contributed by atoms with E-state index < -0.39 is 17.2 Å². The van der Waals surface area contributed by atoms with E-state index in [1.54, 1.807) is 6.20 Å². The first-order chi connectivity index (χ1) is 12.0. The molecule has 0 saturated carbocycles. The average molecular weight is 342 g/mol. The van der Waals surface area contributed by atoms with Gasteiger partial charge in [-0.05, 0) is 5.56 Å². The number of carbonyl (C=O) groups is 1. The first-order valence-corrected chi connectivity index (χ1v) is 7.38. The van der Waals surface area contributed by atoms with Crippen LogP contribution in [0.15, 0.2) is 51.7 Å². The summed E-state index contributed by atoms with van der Waals surface area (Å²) in [4.78, 5) is 38.8. The lowest BCUT2D eigenvalue weighted by Gasteiger charge is -2.08. The molecule has 0 atom stereocenters. The number of amides is 1. The molecule has 0 radical (unpaired) electrons. The zero-order chi connectivity index (χ0) is 18.2.